The second-order valence-corrected chi connectivity index (χ2v) is 6.45. The molecule has 136 valence electrons. The van der Waals surface area contributed by atoms with E-state index in [1.54, 1.807) is 0 Å². The number of halogens is 3. The number of hydrogen-bond acceptors (Lipinski definition) is 2. The van der Waals surface area contributed by atoms with Crippen LogP contribution < -0.4 is 0 Å². The monoisotopic (exact) mass is 466 g/mol. The zero-order valence-electron chi connectivity index (χ0n) is 15.1. The summed E-state index contributed by atoms with van der Waals surface area (Å²) in [5.74, 6) is -1.37. The van der Waals surface area contributed by atoms with Crippen molar-refractivity contribution in [2.24, 2.45) is 0 Å². The van der Waals surface area contributed by atoms with E-state index < -0.39 is 11.6 Å². The molecule has 0 N–H and O–H groups in total. The van der Waals surface area contributed by atoms with Crippen LogP contribution in [0.4, 0.5) is 8.78 Å². The van der Waals surface area contributed by atoms with E-state index in [1.807, 2.05) is 62.1 Å². The highest BCUT2D eigenvalue weighted by molar-refractivity contribution is 14.1. The quantitative estimate of drug-likeness (QED) is 0.486. The van der Waals surface area contributed by atoms with Gasteiger partial charge in [0.15, 0.2) is 11.6 Å². The Bertz CT molecular complexity index is 837. The number of hydrogen-bond donors (Lipinski definition) is 0. The Labute approximate surface area is 167 Å². The molecule has 0 radical (unpaired) electrons. The van der Waals surface area contributed by atoms with Crippen LogP contribution in [-0.2, 0) is 0 Å². The number of benzene rings is 1. The van der Waals surface area contributed by atoms with E-state index in [4.69, 9.17) is 0 Å². The summed E-state index contributed by atoms with van der Waals surface area (Å²) in [6.07, 6.45) is 3.99. The number of aromatic nitrogens is 1. The van der Waals surface area contributed by atoms with Crippen LogP contribution in [0.15, 0.2) is 64.7 Å². The number of pyridine rings is 1. The number of rotatable bonds is 3. The molecule has 2 aromatic rings. The molecule has 1 aromatic carbocycles. The van der Waals surface area contributed by atoms with Crippen LogP contribution in [0.25, 0.3) is 11.3 Å². The average molecular weight is 466 g/mol. The Balaban J connectivity index is 0.00000117. The number of likely N-dealkylation sites (N-methyl/N-ethyl adjacent to an activating group) is 1. The van der Waals surface area contributed by atoms with Crippen LogP contribution in [0, 0.1) is 11.6 Å². The lowest BCUT2D eigenvalue weighted by atomic mass is 9.95. The molecule has 2 nitrogen and oxygen atoms in total. The molecular weight excluding hydrogens is 445 g/mol. The third-order valence-electron chi connectivity index (χ3n) is 3.89. The molecule has 1 aliphatic rings. The Morgan fingerprint density at radius 1 is 1.08 bits per heavy atom. The first-order valence-corrected chi connectivity index (χ1v) is 9.55. The van der Waals surface area contributed by atoms with Gasteiger partial charge in [-0.05, 0) is 41.2 Å². The summed E-state index contributed by atoms with van der Waals surface area (Å²) < 4.78 is 29.8. The summed E-state index contributed by atoms with van der Waals surface area (Å²) in [5.41, 5.74) is 2.78. The van der Waals surface area contributed by atoms with Crippen molar-refractivity contribution in [2.75, 3.05) is 6.54 Å². The summed E-state index contributed by atoms with van der Waals surface area (Å²) in [6, 6.07) is 9.56. The molecule has 3 rings (SSSR count). The molecule has 2 heterocycles. The SMILES string of the molecule is C=C1C(I)=CC(c2ccccc2)=C(c2c(F)cncc2F)N1CC.CC. The molecule has 0 fully saturated rings. The van der Waals surface area contributed by atoms with Gasteiger partial charge in [0.2, 0.25) is 0 Å². The van der Waals surface area contributed by atoms with Gasteiger partial charge in [-0.25, -0.2) is 8.78 Å². The minimum Gasteiger partial charge on any atom is -0.340 e. The maximum atomic E-state index is 14.4. The van der Waals surface area contributed by atoms with Crippen molar-refractivity contribution < 1.29 is 8.78 Å². The predicted molar refractivity (Wildman–Crippen MR) is 112 cm³/mol. The van der Waals surface area contributed by atoms with E-state index in [-0.39, 0.29) is 5.56 Å². The molecule has 0 bridgehead atoms. The van der Waals surface area contributed by atoms with E-state index in [2.05, 4.69) is 34.2 Å². The maximum Gasteiger partial charge on any atom is 0.153 e. The van der Waals surface area contributed by atoms with Gasteiger partial charge in [-0.2, -0.15) is 0 Å². The van der Waals surface area contributed by atoms with Crippen molar-refractivity contribution in [1.82, 2.24) is 9.88 Å². The summed E-state index contributed by atoms with van der Waals surface area (Å²) in [4.78, 5) is 5.43. The van der Waals surface area contributed by atoms with Gasteiger partial charge >= 0.3 is 0 Å². The molecule has 26 heavy (non-hydrogen) atoms. The minimum absolute atomic E-state index is 0.0768. The highest BCUT2D eigenvalue weighted by Gasteiger charge is 2.28. The zero-order valence-corrected chi connectivity index (χ0v) is 17.2. The van der Waals surface area contributed by atoms with Gasteiger partial charge in [-0.1, -0.05) is 50.8 Å². The van der Waals surface area contributed by atoms with Crippen molar-refractivity contribution in [2.45, 2.75) is 20.8 Å². The number of allylic oxidation sites excluding steroid dienone is 3. The first-order valence-electron chi connectivity index (χ1n) is 8.47. The van der Waals surface area contributed by atoms with E-state index in [9.17, 15) is 8.78 Å². The minimum atomic E-state index is -0.685. The van der Waals surface area contributed by atoms with E-state index in [1.165, 1.54) is 0 Å². The van der Waals surface area contributed by atoms with Gasteiger partial charge in [-0.15, -0.1) is 0 Å². The number of nitrogens with zero attached hydrogens (tertiary/aromatic N) is 2. The van der Waals surface area contributed by atoms with Gasteiger partial charge in [-0.3, -0.25) is 4.98 Å². The van der Waals surface area contributed by atoms with Crippen molar-refractivity contribution in [3.63, 3.8) is 0 Å². The second kappa shape index (κ2) is 9.07. The Morgan fingerprint density at radius 3 is 2.19 bits per heavy atom. The Morgan fingerprint density at radius 2 is 1.65 bits per heavy atom. The van der Waals surface area contributed by atoms with Gasteiger partial charge in [0.25, 0.3) is 0 Å². The largest absolute Gasteiger partial charge is 0.340 e. The van der Waals surface area contributed by atoms with Crippen molar-refractivity contribution in [3.05, 3.63) is 87.4 Å². The second-order valence-electron chi connectivity index (χ2n) is 5.29. The third kappa shape index (κ3) is 3.87. The fourth-order valence-corrected chi connectivity index (χ4v) is 3.38. The average Bonchev–Trinajstić information content (AvgIpc) is 2.66. The van der Waals surface area contributed by atoms with Gasteiger partial charge < -0.3 is 4.90 Å². The molecule has 1 aromatic heterocycles. The fraction of sp³-hybridized carbons (Fsp3) is 0.190. The zero-order chi connectivity index (χ0) is 19.3. The lowest BCUT2D eigenvalue weighted by Gasteiger charge is -2.34. The van der Waals surface area contributed by atoms with Crippen LogP contribution in [0.2, 0.25) is 0 Å². The van der Waals surface area contributed by atoms with E-state index in [0.29, 0.717) is 12.2 Å². The molecular formula is C21H21F2IN2. The molecule has 0 unspecified atom stereocenters. The summed E-state index contributed by atoms with van der Waals surface area (Å²) in [6.45, 7) is 10.5. The molecule has 0 aliphatic carbocycles. The Hall–Kier alpha value is -2.02. The van der Waals surface area contributed by atoms with Crippen molar-refractivity contribution in [1.29, 1.82) is 0 Å². The fourth-order valence-electron chi connectivity index (χ4n) is 2.78. The van der Waals surface area contributed by atoms with Crippen LogP contribution in [0.3, 0.4) is 0 Å². The summed E-state index contributed by atoms with van der Waals surface area (Å²) in [7, 11) is 0. The highest BCUT2D eigenvalue weighted by Crippen LogP contribution is 2.42. The first kappa shape index (κ1) is 20.3. The Kier molecular flexibility index (Phi) is 7.08. The van der Waals surface area contributed by atoms with E-state index >= 15 is 0 Å². The van der Waals surface area contributed by atoms with Crippen molar-refractivity contribution in [3.8, 4) is 0 Å². The van der Waals surface area contributed by atoms with Gasteiger partial charge in [0.1, 0.15) is 0 Å². The summed E-state index contributed by atoms with van der Waals surface area (Å²) in [5, 5.41) is 0. The maximum absolute atomic E-state index is 14.4. The van der Waals surface area contributed by atoms with Crippen molar-refractivity contribution >= 4 is 33.9 Å². The van der Waals surface area contributed by atoms with Crippen LogP contribution >= 0.6 is 22.6 Å². The topological polar surface area (TPSA) is 16.1 Å². The molecule has 0 saturated heterocycles. The molecule has 0 atom stereocenters. The summed E-state index contributed by atoms with van der Waals surface area (Å²) >= 11 is 2.20. The molecule has 5 heteroatoms. The lowest BCUT2D eigenvalue weighted by molar-refractivity contribution is 0.507. The molecule has 0 spiro atoms. The lowest BCUT2D eigenvalue weighted by Crippen LogP contribution is -2.25. The van der Waals surface area contributed by atoms with E-state index in [0.717, 1.165) is 32.8 Å². The van der Waals surface area contributed by atoms with Crippen LogP contribution in [0.5, 0.6) is 0 Å². The standard InChI is InChI=1S/C19H15F2IN2.C2H6/c1-3-24-12(2)17(22)9-14(13-7-5-4-6-8-13)19(24)18-15(20)10-23-11-16(18)21;1-2/h4-11H,2-3H2,1H3;1-2H3. The van der Waals surface area contributed by atoms with Gasteiger partial charge in [0.05, 0.1) is 23.7 Å². The molecule has 0 saturated carbocycles. The third-order valence-corrected chi connectivity index (χ3v) is 4.82. The van der Waals surface area contributed by atoms with Crippen LogP contribution in [-0.4, -0.2) is 16.4 Å². The van der Waals surface area contributed by atoms with Crippen LogP contribution in [0.1, 0.15) is 31.9 Å². The predicted octanol–water partition coefficient (Wildman–Crippen LogP) is 6.42. The molecule has 1 aliphatic heterocycles. The molecule has 0 amide bonds. The first-order chi connectivity index (χ1) is 12.5. The smallest absolute Gasteiger partial charge is 0.153 e. The highest BCUT2D eigenvalue weighted by atomic mass is 127. The van der Waals surface area contributed by atoms with Gasteiger partial charge in [0, 0.05) is 21.4 Å². The normalized spacial score (nSPS) is 14.0.